The summed E-state index contributed by atoms with van der Waals surface area (Å²) < 4.78 is 44.0. The Bertz CT molecular complexity index is 553. The molecule has 0 unspecified atom stereocenters. The quantitative estimate of drug-likeness (QED) is 0.820. The second kappa shape index (κ2) is 9.48. The fraction of sp³-hybridized carbons (Fsp3) is 0.647. The van der Waals surface area contributed by atoms with E-state index in [1.165, 1.54) is 6.07 Å². The van der Waals surface area contributed by atoms with Gasteiger partial charge in [-0.2, -0.15) is 13.2 Å². The number of carbonyl (C=O) groups is 1. The van der Waals surface area contributed by atoms with Crippen molar-refractivity contribution < 1.29 is 27.8 Å². The van der Waals surface area contributed by atoms with Gasteiger partial charge in [-0.05, 0) is 43.7 Å². The summed E-state index contributed by atoms with van der Waals surface area (Å²) in [4.78, 5) is 12.6. The summed E-state index contributed by atoms with van der Waals surface area (Å²) in [6.07, 6.45) is 0.528. The number of ether oxygens (including phenoxy) is 1. The molecule has 2 N–H and O–H groups in total. The smallest absolute Gasteiger partial charge is 0.433 e. The average molecular weight is 362 g/mol. The first-order valence-electron chi connectivity index (χ1n) is 8.29. The summed E-state index contributed by atoms with van der Waals surface area (Å²) in [6.45, 7) is 3.25. The van der Waals surface area contributed by atoms with E-state index >= 15 is 0 Å². The monoisotopic (exact) mass is 362 g/mol. The van der Waals surface area contributed by atoms with Crippen LogP contribution in [0.3, 0.4) is 0 Å². The minimum absolute atomic E-state index is 0.0455. The lowest BCUT2D eigenvalue weighted by molar-refractivity contribution is -0.141. The maximum atomic E-state index is 12.7. The Morgan fingerprint density at radius 3 is 2.32 bits per heavy atom. The SMILES string of the molecule is CC(=O)O.CCC1CCC(Oc2nc(C(F)(F)F)ccc2NC)CC1. The largest absolute Gasteiger partial charge is 0.481 e. The molecule has 25 heavy (non-hydrogen) atoms. The Hall–Kier alpha value is -1.99. The van der Waals surface area contributed by atoms with Crippen LogP contribution >= 0.6 is 0 Å². The van der Waals surface area contributed by atoms with Gasteiger partial charge in [-0.1, -0.05) is 13.3 Å². The summed E-state index contributed by atoms with van der Waals surface area (Å²) >= 11 is 0. The molecule has 2 rings (SSSR count). The number of hydrogen-bond acceptors (Lipinski definition) is 4. The van der Waals surface area contributed by atoms with Crippen LogP contribution in [-0.2, 0) is 11.0 Å². The van der Waals surface area contributed by atoms with E-state index in [0.717, 1.165) is 45.1 Å². The van der Waals surface area contributed by atoms with Crippen LogP contribution in [0.2, 0.25) is 0 Å². The molecule has 1 aliphatic rings. The summed E-state index contributed by atoms with van der Waals surface area (Å²) in [6, 6.07) is 2.33. The van der Waals surface area contributed by atoms with Crippen molar-refractivity contribution in [3.63, 3.8) is 0 Å². The van der Waals surface area contributed by atoms with Gasteiger partial charge in [0.2, 0.25) is 5.88 Å². The lowest BCUT2D eigenvalue weighted by atomic mass is 9.86. The third-order valence-electron chi connectivity index (χ3n) is 4.07. The lowest BCUT2D eigenvalue weighted by Crippen LogP contribution is -2.25. The molecule has 1 aromatic rings. The van der Waals surface area contributed by atoms with Crippen molar-refractivity contribution in [2.24, 2.45) is 5.92 Å². The summed E-state index contributed by atoms with van der Waals surface area (Å²) in [5, 5.41) is 10.2. The number of nitrogens with zero attached hydrogens (tertiary/aromatic N) is 1. The molecule has 0 aliphatic heterocycles. The number of aromatic nitrogens is 1. The number of aliphatic carboxylic acids is 1. The van der Waals surface area contributed by atoms with Crippen LogP contribution in [0.25, 0.3) is 0 Å². The summed E-state index contributed by atoms with van der Waals surface area (Å²) in [7, 11) is 1.64. The van der Waals surface area contributed by atoms with Crippen LogP contribution in [0.1, 0.15) is 51.6 Å². The number of alkyl halides is 3. The van der Waals surface area contributed by atoms with Gasteiger partial charge < -0.3 is 15.2 Å². The number of anilines is 1. The first-order chi connectivity index (χ1) is 11.7. The molecule has 0 saturated heterocycles. The van der Waals surface area contributed by atoms with Crippen molar-refractivity contribution >= 4 is 11.7 Å². The van der Waals surface area contributed by atoms with E-state index in [1.807, 2.05) is 0 Å². The number of carboxylic acid groups (broad SMARTS) is 1. The normalized spacial score (nSPS) is 20.2. The Kier molecular flexibility index (Phi) is 7.99. The molecule has 0 atom stereocenters. The molecule has 1 aliphatic carbocycles. The van der Waals surface area contributed by atoms with Crippen LogP contribution in [0.5, 0.6) is 5.88 Å². The van der Waals surface area contributed by atoms with Crippen molar-refractivity contribution in [2.75, 3.05) is 12.4 Å². The van der Waals surface area contributed by atoms with Gasteiger partial charge >= 0.3 is 6.18 Å². The molecular formula is C17H25F3N2O3. The Balaban J connectivity index is 0.000000705. The van der Waals surface area contributed by atoms with Crippen LogP contribution in [-0.4, -0.2) is 29.2 Å². The molecule has 0 spiro atoms. The van der Waals surface area contributed by atoms with Gasteiger partial charge in [0, 0.05) is 14.0 Å². The zero-order valence-corrected chi connectivity index (χ0v) is 14.7. The van der Waals surface area contributed by atoms with Gasteiger partial charge in [0.05, 0.1) is 5.69 Å². The molecule has 0 bridgehead atoms. The van der Waals surface area contributed by atoms with E-state index in [1.54, 1.807) is 7.05 Å². The first-order valence-corrected chi connectivity index (χ1v) is 8.29. The Labute approximate surface area is 145 Å². The summed E-state index contributed by atoms with van der Waals surface area (Å²) in [5.41, 5.74) is -0.431. The highest BCUT2D eigenvalue weighted by atomic mass is 19.4. The molecule has 1 saturated carbocycles. The molecule has 0 amide bonds. The lowest BCUT2D eigenvalue weighted by Gasteiger charge is -2.28. The third kappa shape index (κ3) is 7.19. The second-order valence-corrected chi connectivity index (χ2v) is 5.98. The highest BCUT2D eigenvalue weighted by Crippen LogP contribution is 2.34. The summed E-state index contributed by atoms with van der Waals surface area (Å²) in [5.74, 6) is -0.0737. The van der Waals surface area contributed by atoms with Crippen molar-refractivity contribution in [3.8, 4) is 5.88 Å². The molecule has 142 valence electrons. The number of rotatable bonds is 4. The third-order valence-corrected chi connectivity index (χ3v) is 4.07. The number of hydrogen-bond donors (Lipinski definition) is 2. The van der Waals surface area contributed by atoms with E-state index in [2.05, 4.69) is 17.2 Å². The number of halogens is 3. The van der Waals surface area contributed by atoms with Gasteiger partial charge in [-0.25, -0.2) is 4.98 Å². The minimum atomic E-state index is -4.45. The number of pyridine rings is 1. The van der Waals surface area contributed by atoms with Crippen LogP contribution in [0.15, 0.2) is 12.1 Å². The van der Waals surface area contributed by atoms with Crippen LogP contribution < -0.4 is 10.1 Å². The van der Waals surface area contributed by atoms with Gasteiger partial charge in [0.1, 0.15) is 11.8 Å². The van der Waals surface area contributed by atoms with Gasteiger partial charge in [0.15, 0.2) is 0 Å². The van der Waals surface area contributed by atoms with Crippen molar-refractivity contribution in [2.45, 2.75) is 58.2 Å². The zero-order valence-electron chi connectivity index (χ0n) is 14.7. The van der Waals surface area contributed by atoms with Crippen molar-refractivity contribution in [1.29, 1.82) is 0 Å². The maximum absolute atomic E-state index is 12.7. The van der Waals surface area contributed by atoms with E-state index in [0.29, 0.717) is 11.6 Å². The Morgan fingerprint density at radius 1 is 1.32 bits per heavy atom. The fourth-order valence-corrected chi connectivity index (χ4v) is 2.69. The fourth-order valence-electron chi connectivity index (χ4n) is 2.69. The second-order valence-electron chi connectivity index (χ2n) is 5.98. The molecule has 0 aromatic carbocycles. The number of nitrogens with one attached hydrogen (secondary N) is 1. The molecule has 1 fully saturated rings. The highest BCUT2D eigenvalue weighted by Gasteiger charge is 2.33. The topological polar surface area (TPSA) is 71.5 Å². The van der Waals surface area contributed by atoms with Gasteiger partial charge in [-0.3, -0.25) is 4.79 Å². The molecule has 1 heterocycles. The van der Waals surface area contributed by atoms with Crippen LogP contribution in [0.4, 0.5) is 18.9 Å². The average Bonchev–Trinajstić information content (AvgIpc) is 2.54. The van der Waals surface area contributed by atoms with Crippen molar-refractivity contribution in [3.05, 3.63) is 17.8 Å². The van der Waals surface area contributed by atoms with Crippen molar-refractivity contribution in [1.82, 2.24) is 4.98 Å². The minimum Gasteiger partial charge on any atom is -0.481 e. The van der Waals surface area contributed by atoms with Crippen LogP contribution in [0, 0.1) is 5.92 Å². The molecule has 8 heteroatoms. The standard InChI is InChI=1S/C15H21F3N2O.C2H4O2/c1-3-10-4-6-11(7-5-10)21-14-12(19-2)8-9-13(20-14)15(16,17)18;1-2(3)4/h8-11,19H,3-7H2,1-2H3;1H3,(H,3,4). The first kappa shape index (κ1) is 21.1. The predicted molar refractivity (Wildman–Crippen MR) is 88.8 cm³/mol. The highest BCUT2D eigenvalue weighted by molar-refractivity contribution is 5.62. The molecule has 5 nitrogen and oxygen atoms in total. The maximum Gasteiger partial charge on any atom is 0.433 e. The number of carboxylic acids is 1. The molecule has 1 aromatic heterocycles. The van der Waals surface area contributed by atoms with E-state index in [-0.39, 0.29) is 12.0 Å². The Morgan fingerprint density at radius 2 is 1.88 bits per heavy atom. The van der Waals surface area contributed by atoms with Gasteiger partial charge in [0.25, 0.3) is 5.97 Å². The van der Waals surface area contributed by atoms with E-state index in [4.69, 9.17) is 14.6 Å². The molecular weight excluding hydrogens is 337 g/mol. The van der Waals surface area contributed by atoms with E-state index < -0.39 is 17.8 Å². The van der Waals surface area contributed by atoms with Gasteiger partial charge in [-0.15, -0.1) is 0 Å². The zero-order chi connectivity index (χ0) is 19.0. The van der Waals surface area contributed by atoms with E-state index in [9.17, 15) is 13.2 Å². The predicted octanol–water partition coefficient (Wildman–Crippen LogP) is 4.58. The molecule has 0 radical (unpaired) electrons.